The number of nitrogens with one attached hydrogen (secondary N) is 2. The lowest BCUT2D eigenvalue weighted by Crippen LogP contribution is -2.29. The molecule has 2 N–H and O–H groups in total. The summed E-state index contributed by atoms with van der Waals surface area (Å²) >= 11 is 0. The molecular formula is C15H32N2O4. The van der Waals surface area contributed by atoms with Crippen LogP contribution in [0.3, 0.4) is 0 Å². The molecule has 0 atom stereocenters. The predicted octanol–water partition coefficient (Wildman–Crippen LogP) is 0.460. The van der Waals surface area contributed by atoms with Crippen LogP contribution >= 0.6 is 0 Å². The number of carbonyl (C=O) groups is 1. The Balaban J connectivity index is 3.04. The fourth-order valence-corrected chi connectivity index (χ4v) is 1.42. The van der Waals surface area contributed by atoms with Crippen molar-refractivity contribution in [2.75, 3.05) is 65.8 Å². The number of rotatable bonds is 16. The third-order valence-corrected chi connectivity index (χ3v) is 2.78. The first-order valence-corrected chi connectivity index (χ1v) is 7.85. The Morgan fingerprint density at radius 2 is 1.33 bits per heavy atom. The van der Waals surface area contributed by atoms with Gasteiger partial charge < -0.3 is 24.8 Å². The van der Waals surface area contributed by atoms with E-state index in [-0.39, 0.29) is 11.7 Å². The Labute approximate surface area is 128 Å². The van der Waals surface area contributed by atoms with E-state index in [0.29, 0.717) is 52.7 Å². The summed E-state index contributed by atoms with van der Waals surface area (Å²) in [5, 5.41) is 6.24. The van der Waals surface area contributed by atoms with Crippen molar-refractivity contribution in [1.29, 1.82) is 0 Å². The highest BCUT2D eigenvalue weighted by molar-refractivity contribution is 5.82. The van der Waals surface area contributed by atoms with Crippen LogP contribution in [0.25, 0.3) is 0 Å². The van der Waals surface area contributed by atoms with E-state index in [1.54, 1.807) is 0 Å². The van der Waals surface area contributed by atoms with Gasteiger partial charge in [-0.1, -0.05) is 20.8 Å². The van der Waals surface area contributed by atoms with Crippen LogP contribution in [0.1, 0.15) is 20.8 Å². The van der Waals surface area contributed by atoms with Gasteiger partial charge >= 0.3 is 0 Å². The van der Waals surface area contributed by atoms with E-state index in [1.807, 2.05) is 13.8 Å². The molecule has 0 aromatic carbocycles. The number of ketones is 1. The van der Waals surface area contributed by atoms with E-state index in [0.717, 1.165) is 13.1 Å². The number of carbonyl (C=O) groups excluding carboxylic acids is 1. The molecule has 0 bridgehead atoms. The molecule has 21 heavy (non-hydrogen) atoms. The second kappa shape index (κ2) is 15.9. The van der Waals surface area contributed by atoms with Gasteiger partial charge in [-0.2, -0.15) is 0 Å². The molecule has 126 valence electrons. The van der Waals surface area contributed by atoms with Crippen LogP contribution in [0, 0.1) is 5.92 Å². The zero-order valence-electron chi connectivity index (χ0n) is 13.8. The second-order valence-electron chi connectivity index (χ2n) is 4.99. The number of Topliss-reactive ketones (excluding diaryl/α,β-unsaturated/α-hetero) is 1. The molecule has 0 amide bonds. The van der Waals surface area contributed by atoms with Crippen LogP contribution in [0.5, 0.6) is 0 Å². The minimum absolute atomic E-state index is 0.0896. The molecule has 0 fully saturated rings. The van der Waals surface area contributed by atoms with Gasteiger partial charge in [0.05, 0.1) is 46.2 Å². The van der Waals surface area contributed by atoms with Crippen molar-refractivity contribution in [3.05, 3.63) is 0 Å². The Hall–Kier alpha value is -0.530. The fourth-order valence-electron chi connectivity index (χ4n) is 1.42. The highest BCUT2D eigenvalue weighted by Gasteiger charge is 2.05. The Kier molecular flexibility index (Phi) is 15.5. The Bertz CT molecular complexity index is 238. The molecule has 0 aromatic heterocycles. The lowest BCUT2D eigenvalue weighted by atomic mass is 10.1. The van der Waals surface area contributed by atoms with Crippen molar-refractivity contribution >= 4 is 5.78 Å². The highest BCUT2D eigenvalue weighted by Crippen LogP contribution is 1.91. The third kappa shape index (κ3) is 15.7. The van der Waals surface area contributed by atoms with Gasteiger partial charge in [-0.15, -0.1) is 0 Å². The number of hydrogen-bond donors (Lipinski definition) is 2. The highest BCUT2D eigenvalue weighted by atomic mass is 16.5. The first-order valence-electron chi connectivity index (χ1n) is 7.85. The van der Waals surface area contributed by atoms with Crippen LogP contribution < -0.4 is 10.6 Å². The maximum Gasteiger partial charge on any atom is 0.149 e. The average molecular weight is 304 g/mol. The Morgan fingerprint density at radius 3 is 1.81 bits per heavy atom. The van der Waals surface area contributed by atoms with Crippen molar-refractivity contribution < 1.29 is 19.0 Å². The zero-order valence-corrected chi connectivity index (χ0v) is 13.8. The van der Waals surface area contributed by atoms with E-state index in [1.165, 1.54) is 0 Å². The summed E-state index contributed by atoms with van der Waals surface area (Å²) in [6, 6.07) is 0. The van der Waals surface area contributed by atoms with Crippen molar-refractivity contribution in [3.8, 4) is 0 Å². The van der Waals surface area contributed by atoms with Crippen molar-refractivity contribution in [2.24, 2.45) is 5.92 Å². The zero-order chi connectivity index (χ0) is 15.8. The molecule has 0 unspecified atom stereocenters. The lowest BCUT2D eigenvalue weighted by Gasteiger charge is -2.08. The summed E-state index contributed by atoms with van der Waals surface area (Å²) < 4.78 is 16.1. The third-order valence-electron chi connectivity index (χ3n) is 2.78. The quantitative estimate of drug-likeness (QED) is 0.404. The molecular weight excluding hydrogens is 272 g/mol. The van der Waals surface area contributed by atoms with Crippen LogP contribution in [0.2, 0.25) is 0 Å². The number of likely N-dealkylation sites (N-methyl/N-ethyl adjacent to an activating group) is 1. The van der Waals surface area contributed by atoms with E-state index in [4.69, 9.17) is 14.2 Å². The fraction of sp³-hybridized carbons (Fsp3) is 0.933. The summed E-state index contributed by atoms with van der Waals surface area (Å²) in [5.74, 6) is 0.319. The Morgan fingerprint density at radius 1 is 0.857 bits per heavy atom. The van der Waals surface area contributed by atoms with Gasteiger partial charge in [0.15, 0.2) is 0 Å². The van der Waals surface area contributed by atoms with Crippen molar-refractivity contribution in [2.45, 2.75) is 20.8 Å². The summed E-state index contributed by atoms with van der Waals surface area (Å²) in [7, 11) is 0. The van der Waals surface area contributed by atoms with Gasteiger partial charge in [0, 0.05) is 19.0 Å². The minimum Gasteiger partial charge on any atom is -0.378 e. The molecule has 6 nitrogen and oxygen atoms in total. The molecule has 0 rings (SSSR count). The molecule has 0 spiro atoms. The maximum atomic E-state index is 11.3. The minimum atomic E-state index is 0.0896. The van der Waals surface area contributed by atoms with Gasteiger partial charge in [0.2, 0.25) is 0 Å². The van der Waals surface area contributed by atoms with Gasteiger partial charge in [-0.05, 0) is 6.54 Å². The number of hydrogen-bond acceptors (Lipinski definition) is 6. The molecule has 0 radical (unpaired) electrons. The average Bonchev–Trinajstić information content (AvgIpc) is 2.47. The van der Waals surface area contributed by atoms with Crippen LogP contribution in [0.4, 0.5) is 0 Å². The molecule has 6 heteroatoms. The number of ether oxygens (including phenoxy) is 3. The summed E-state index contributed by atoms with van der Waals surface area (Å²) in [4.78, 5) is 11.3. The van der Waals surface area contributed by atoms with E-state index in [2.05, 4.69) is 17.6 Å². The summed E-state index contributed by atoms with van der Waals surface area (Å²) in [6.45, 7) is 12.5. The SMILES string of the molecule is CCNCCOCCOCCOCCNCC(=O)C(C)C. The van der Waals surface area contributed by atoms with Crippen LogP contribution in [-0.2, 0) is 19.0 Å². The lowest BCUT2D eigenvalue weighted by molar-refractivity contribution is -0.121. The van der Waals surface area contributed by atoms with Gasteiger partial charge in [-0.3, -0.25) is 4.79 Å². The van der Waals surface area contributed by atoms with E-state index >= 15 is 0 Å². The molecule has 0 heterocycles. The van der Waals surface area contributed by atoms with Gasteiger partial charge in [0.25, 0.3) is 0 Å². The second-order valence-corrected chi connectivity index (χ2v) is 4.99. The molecule has 0 aliphatic carbocycles. The molecule has 0 aliphatic heterocycles. The standard InChI is InChI=1S/C15H32N2O4/c1-4-16-5-7-19-9-11-21-12-10-20-8-6-17-13-15(18)14(2)3/h14,16-17H,4-13H2,1-3H3. The van der Waals surface area contributed by atoms with Crippen molar-refractivity contribution in [1.82, 2.24) is 10.6 Å². The summed E-state index contributed by atoms with van der Waals surface area (Å²) in [6.07, 6.45) is 0. The largest absolute Gasteiger partial charge is 0.378 e. The first-order chi connectivity index (χ1) is 10.2. The summed E-state index contributed by atoms with van der Waals surface area (Å²) in [5.41, 5.74) is 0. The van der Waals surface area contributed by atoms with Crippen molar-refractivity contribution in [3.63, 3.8) is 0 Å². The molecule has 0 aromatic rings. The van der Waals surface area contributed by atoms with Crippen LogP contribution in [-0.4, -0.2) is 71.6 Å². The molecule has 0 saturated carbocycles. The maximum absolute atomic E-state index is 11.3. The van der Waals surface area contributed by atoms with Gasteiger partial charge in [-0.25, -0.2) is 0 Å². The normalized spacial score (nSPS) is 11.2. The van der Waals surface area contributed by atoms with E-state index in [9.17, 15) is 4.79 Å². The molecule has 0 aliphatic rings. The monoisotopic (exact) mass is 304 g/mol. The van der Waals surface area contributed by atoms with E-state index < -0.39 is 0 Å². The molecule has 0 saturated heterocycles. The van der Waals surface area contributed by atoms with Gasteiger partial charge in [0.1, 0.15) is 5.78 Å². The van der Waals surface area contributed by atoms with Crippen LogP contribution in [0.15, 0.2) is 0 Å². The first kappa shape index (κ1) is 20.5. The topological polar surface area (TPSA) is 68.8 Å². The smallest absolute Gasteiger partial charge is 0.149 e. The predicted molar refractivity (Wildman–Crippen MR) is 83.7 cm³/mol.